The van der Waals surface area contributed by atoms with Gasteiger partial charge in [-0.15, -0.1) is 0 Å². The Morgan fingerprint density at radius 2 is 2.10 bits per heavy atom. The predicted molar refractivity (Wildman–Crippen MR) is 84.5 cm³/mol. The number of carbonyl (C=O) groups is 1. The second-order valence-corrected chi connectivity index (χ2v) is 4.80. The number of hydrogen-bond donors (Lipinski definition) is 3. The summed E-state index contributed by atoms with van der Waals surface area (Å²) in [6.45, 7) is 4.83. The molecular weight excluding hydrogens is 266 g/mol. The Kier molecular flexibility index (Phi) is 4.94. The molecule has 21 heavy (non-hydrogen) atoms. The van der Waals surface area contributed by atoms with Gasteiger partial charge in [0.15, 0.2) is 0 Å². The molecule has 0 aliphatic carbocycles. The summed E-state index contributed by atoms with van der Waals surface area (Å²) in [5, 5.41) is 12.9. The number of urea groups is 1. The van der Waals surface area contributed by atoms with Gasteiger partial charge in [0.25, 0.3) is 0 Å². The van der Waals surface area contributed by atoms with Crippen LogP contribution in [-0.2, 0) is 6.54 Å². The molecule has 0 bridgehead atoms. The van der Waals surface area contributed by atoms with Crippen molar-refractivity contribution in [1.82, 2.24) is 15.1 Å². The zero-order valence-electron chi connectivity index (χ0n) is 12.6. The molecule has 112 valence electrons. The van der Waals surface area contributed by atoms with Gasteiger partial charge in [-0.3, -0.25) is 4.68 Å². The minimum Gasteiger partial charge on any atom is -0.313 e. The second-order valence-electron chi connectivity index (χ2n) is 4.80. The topological polar surface area (TPSA) is 71.0 Å². The summed E-state index contributed by atoms with van der Waals surface area (Å²) >= 11 is 0. The first-order valence-electron chi connectivity index (χ1n) is 7.00. The van der Waals surface area contributed by atoms with Crippen LogP contribution in [0.2, 0.25) is 0 Å². The number of aryl methyl sites for hydroxylation is 1. The summed E-state index contributed by atoms with van der Waals surface area (Å²) in [6.07, 6.45) is 3.42. The van der Waals surface area contributed by atoms with Crippen molar-refractivity contribution in [3.8, 4) is 0 Å². The molecule has 2 amide bonds. The van der Waals surface area contributed by atoms with Gasteiger partial charge >= 0.3 is 6.03 Å². The number of rotatable bonds is 5. The summed E-state index contributed by atoms with van der Waals surface area (Å²) in [4.78, 5) is 12.0. The van der Waals surface area contributed by atoms with E-state index in [2.05, 4.69) is 28.0 Å². The van der Waals surface area contributed by atoms with Gasteiger partial charge in [0.1, 0.15) is 0 Å². The summed E-state index contributed by atoms with van der Waals surface area (Å²) < 4.78 is 1.75. The molecule has 0 saturated carbocycles. The van der Waals surface area contributed by atoms with Gasteiger partial charge < -0.3 is 16.0 Å². The summed E-state index contributed by atoms with van der Waals surface area (Å²) in [5.74, 6) is 0. The van der Waals surface area contributed by atoms with Gasteiger partial charge in [-0.1, -0.05) is 12.1 Å². The number of amides is 2. The molecule has 6 nitrogen and oxygen atoms in total. The summed E-state index contributed by atoms with van der Waals surface area (Å²) in [5.41, 5.74) is 2.55. The monoisotopic (exact) mass is 287 g/mol. The summed E-state index contributed by atoms with van der Waals surface area (Å²) in [7, 11) is 1.91. The van der Waals surface area contributed by atoms with Gasteiger partial charge in [-0.05, 0) is 38.6 Å². The van der Waals surface area contributed by atoms with Crippen molar-refractivity contribution in [1.29, 1.82) is 0 Å². The maximum Gasteiger partial charge on any atom is 0.323 e. The zero-order chi connectivity index (χ0) is 15.2. The third kappa shape index (κ3) is 4.06. The lowest BCUT2D eigenvalue weighted by Gasteiger charge is -2.12. The Labute approximate surface area is 124 Å². The van der Waals surface area contributed by atoms with Crippen molar-refractivity contribution in [2.75, 3.05) is 17.7 Å². The first-order valence-corrected chi connectivity index (χ1v) is 7.00. The first kappa shape index (κ1) is 15.1. The van der Waals surface area contributed by atoms with Crippen molar-refractivity contribution in [2.24, 2.45) is 0 Å². The lowest BCUT2D eigenvalue weighted by atomic mass is 10.1. The SMILES string of the molecule is CCn1cc(NC(=O)Nc2cccc(C(C)NC)c2)cn1. The van der Waals surface area contributed by atoms with Crippen LogP contribution in [-0.4, -0.2) is 22.9 Å². The van der Waals surface area contributed by atoms with Crippen molar-refractivity contribution < 1.29 is 4.79 Å². The largest absolute Gasteiger partial charge is 0.323 e. The van der Waals surface area contributed by atoms with Crippen LogP contribution >= 0.6 is 0 Å². The van der Waals surface area contributed by atoms with Crippen molar-refractivity contribution in [2.45, 2.75) is 26.4 Å². The number of benzene rings is 1. The standard InChI is InChI=1S/C15H21N5O/c1-4-20-10-14(9-17-20)19-15(21)18-13-7-5-6-12(8-13)11(2)16-3/h5-11,16H,4H2,1-3H3,(H2,18,19,21). The van der Waals surface area contributed by atoms with E-state index in [1.807, 2.05) is 38.2 Å². The Morgan fingerprint density at radius 3 is 2.76 bits per heavy atom. The lowest BCUT2D eigenvalue weighted by molar-refractivity contribution is 0.262. The van der Waals surface area contributed by atoms with Crippen LogP contribution < -0.4 is 16.0 Å². The minimum atomic E-state index is -0.278. The van der Waals surface area contributed by atoms with Crippen LogP contribution in [0, 0.1) is 0 Å². The highest BCUT2D eigenvalue weighted by Crippen LogP contribution is 2.17. The first-order chi connectivity index (χ1) is 10.1. The van der Waals surface area contributed by atoms with E-state index in [-0.39, 0.29) is 12.1 Å². The van der Waals surface area contributed by atoms with Gasteiger partial charge in [0, 0.05) is 24.5 Å². The van der Waals surface area contributed by atoms with Crippen LogP contribution in [0.4, 0.5) is 16.2 Å². The molecule has 2 aromatic rings. The van der Waals surface area contributed by atoms with Gasteiger partial charge in [0.2, 0.25) is 0 Å². The highest BCUT2D eigenvalue weighted by Gasteiger charge is 2.07. The number of aromatic nitrogens is 2. The average Bonchev–Trinajstić information content (AvgIpc) is 2.94. The molecule has 1 aromatic carbocycles. The molecule has 1 unspecified atom stereocenters. The fraction of sp³-hybridized carbons (Fsp3) is 0.333. The molecule has 3 N–H and O–H groups in total. The van der Waals surface area contributed by atoms with Gasteiger partial charge in [-0.25, -0.2) is 4.79 Å². The second kappa shape index (κ2) is 6.90. The van der Waals surface area contributed by atoms with Crippen LogP contribution in [0.25, 0.3) is 0 Å². The smallest absolute Gasteiger partial charge is 0.313 e. The molecule has 1 aromatic heterocycles. The van der Waals surface area contributed by atoms with Crippen molar-refractivity contribution in [3.63, 3.8) is 0 Å². The minimum absolute atomic E-state index is 0.234. The van der Waals surface area contributed by atoms with Crippen molar-refractivity contribution >= 4 is 17.4 Å². The maximum absolute atomic E-state index is 12.0. The number of anilines is 2. The third-order valence-electron chi connectivity index (χ3n) is 3.29. The van der Waals surface area contributed by atoms with E-state index < -0.39 is 0 Å². The Bertz CT molecular complexity index is 608. The van der Waals surface area contributed by atoms with E-state index in [1.54, 1.807) is 17.1 Å². The van der Waals surface area contributed by atoms with Crippen LogP contribution in [0.1, 0.15) is 25.5 Å². The van der Waals surface area contributed by atoms with Crippen LogP contribution in [0.5, 0.6) is 0 Å². The molecular formula is C15H21N5O. The fourth-order valence-electron chi connectivity index (χ4n) is 1.95. The quantitative estimate of drug-likeness (QED) is 0.792. The Hall–Kier alpha value is -2.34. The zero-order valence-corrected chi connectivity index (χ0v) is 12.6. The van der Waals surface area contributed by atoms with Crippen LogP contribution in [0.15, 0.2) is 36.7 Å². The van der Waals surface area contributed by atoms with E-state index in [4.69, 9.17) is 0 Å². The third-order valence-corrected chi connectivity index (χ3v) is 3.29. The number of hydrogen-bond acceptors (Lipinski definition) is 3. The predicted octanol–water partition coefficient (Wildman–Crippen LogP) is 2.83. The van der Waals surface area contributed by atoms with Gasteiger partial charge in [0.05, 0.1) is 11.9 Å². The molecule has 0 radical (unpaired) electrons. The van der Waals surface area contributed by atoms with Gasteiger partial charge in [-0.2, -0.15) is 5.10 Å². The number of carbonyl (C=O) groups excluding carboxylic acids is 1. The fourth-order valence-corrected chi connectivity index (χ4v) is 1.95. The Morgan fingerprint density at radius 1 is 1.33 bits per heavy atom. The average molecular weight is 287 g/mol. The number of nitrogens with zero attached hydrogens (tertiary/aromatic N) is 2. The highest BCUT2D eigenvalue weighted by molar-refractivity contribution is 5.99. The molecule has 6 heteroatoms. The molecule has 0 aliphatic rings. The molecule has 0 saturated heterocycles. The van der Waals surface area contributed by atoms with Crippen molar-refractivity contribution in [3.05, 3.63) is 42.2 Å². The number of nitrogens with one attached hydrogen (secondary N) is 3. The Balaban J connectivity index is 1.99. The van der Waals surface area contributed by atoms with E-state index in [0.29, 0.717) is 5.69 Å². The maximum atomic E-state index is 12.0. The molecule has 0 aliphatic heterocycles. The highest BCUT2D eigenvalue weighted by atomic mass is 16.2. The molecule has 1 atom stereocenters. The van der Waals surface area contributed by atoms with Crippen LogP contribution in [0.3, 0.4) is 0 Å². The van der Waals surface area contributed by atoms with E-state index >= 15 is 0 Å². The molecule has 0 fully saturated rings. The summed E-state index contributed by atoms with van der Waals surface area (Å²) in [6, 6.07) is 7.72. The van der Waals surface area contributed by atoms with E-state index in [0.717, 1.165) is 17.8 Å². The van der Waals surface area contributed by atoms with E-state index in [1.165, 1.54) is 0 Å². The molecule has 0 spiro atoms. The van der Waals surface area contributed by atoms with E-state index in [9.17, 15) is 4.79 Å². The lowest BCUT2D eigenvalue weighted by Crippen LogP contribution is -2.19. The molecule has 2 rings (SSSR count). The normalized spacial score (nSPS) is 12.0. The molecule has 1 heterocycles.